The van der Waals surface area contributed by atoms with Crippen LogP contribution in [0.15, 0.2) is 24.3 Å². The number of primary amides is 1. The summed E-state index contributed by atoms with van der Waals surface area (Å²) in [7, 11) is 1.63. The Hall–Kier alpha value is -1.59. The summed E-state index contributed by atoms with van der Waals surface area (Å²) in [6, 6.07) is 6.14. The number of likely N-dealkylation sites (N-methyl/N-ethyl adjacent to an activating group) is 1. The molecule has 1 aromatic rings. The second kappa shape index (κ2) is 6.54. The summed E-state index contributed by atoms with van der Waals surface area (Å²) in [4.78, 5) is 24.3. The summed E-state index contributed by atoms with van der Waals surface area (Å²) >= 11 is 5.92. The Morgan fingerprint density at radius 3 is 2.58 bits per heavy atom. The molecule has 0 spiro atoms. The lowest BCUT2D eigenvalue weighted by Crippen LogP contribution is -2.44. The number of carbonyl (C=O) groups is 2. The zero-order valence-electron chi connectivity index (χ0n) is 11.0. The van der Waals surface area contributed by atoms with E-state index in [-0.39, 0.29) is 18.4 Å². The zero-order chi connectivity index (χ0) is 14.6. The van der Waals surface area contributed by atoms with Crippen LogP contribution in [-0.2, 0) is 9.59 Å². The number of hydrogen-bond donors (Lipinski definition) is 2. The Morgan fingerprint density at radius 1 is 1.42 bits per heavy atom. The molecule has 6 heteroatoms. The number of nitrogens with zero attached hydrogens (tertiary/aromatic N) is 1. The second-order valence-corrected chi connectivity index (χ2v) is 4.89. The minimum Gasteiger partial charge on any atom is -0.370 e. The number of halogens is 1. The van der Waals surface area contributed by atoms with Crippen molar-refractivity contribution in [2.75, 3.05) is 7.05 Å². The van der Waals surface area contributed by atoms with Crippen LogP contribution in [0.4, 0.5) is 0 Å². The van der Waals surface area contributed by atoms with Gasteiger partial charge in [-0.2, -0.15) is 0 Å². The number of rotatable bonds is 5. The zero-order valence-corrected chi connectivity index (χ0v) is 11.7. The van der Waals surface area contributed by atoms with Crippen molar-refractivity contribution in [1.82, 2.24) is 4.90 Å². The topological polar surface area (TPSA) is 89.4 Å². The van der Waals surface area contributed by atoms with Gasteiger partial charge in [0.1, 0.15) is 0 Å². The van der Waals surface area contributed by atoms with Gasteiger partial charge >= 0.3 is 0 Å². The van der Waals surface area contributed by atoms with Gasteiger partial charge in [-0.1, -0.05) is 23.7 Å². The van der Waals surface area contributed by atoms with Crippen molar-refractivity contribution in [2.45, 2.75) is 25.4 Å². The van der Waals surface area contributed by atoms with Crippen molar-refractivity contribution in [1.29, 1.82) is 0 Å². The number of nitrogens with two attached hydrogens (primary N) is 2. The smallest absolute Gasteiger partial charge is 0.240 e. The Kier molecular flexibility index (Phi) is 5.32. The molecule has 1 aromatic carbocycles. The summed E-state index contributed by atoms with van der Waals surface area (Å²) in [6.45, 7) is 1.86. The molecule has 0 aromatic heterocycles. The van der Waals surface area contributed by atoms with E-state index in [4.69, 9.17) is 23.1 Å². The van der Waals surface area contributed by atoms with Crippen LogP contribution in [0.25, 0.3) is 0 Å². The highest BCUT2D eigenvalue weighted by atomic mass is 35.5. The van der Waals surface area contributed by atoms with Gasteiger partial charge in [0.05, 0.1) is 18.5 Å². The van der Waals surface area contributed by atoms with Crippen molar-refractivity contribution >= 4 is 23.4 Å². The predicted octanol–water partition coefficient (Wildman–Crippen LogP) is 1.06. The first-order valence-corrected chi connectivity index (χ1v) is 6.26. The summed E-state index contributed by atoms with van der Waals surface area (Å²) < 4.78 is 0. The van der Waals surface area contributed by atoms with Crippen LogP contribution in [0.1, 0.15) is 24.9 Å². The molecule has 0 bridgehead atoms. The van der Waals surface area contributed by atoms with Crippen LogP contribution in [0, 0.1) is 0 Å². The Morgan fingerprint density at radius 2 is 2.05 bits per heavy atom. The van der Waals surface area contributed by atoms with E-state index >= 15 is 0 Å². The van der Waals surface area contributed by atoms with Gasteiger partial charge in [0.15, 0.2) is 0 Å². The lowest BCUT2D eigenvalue weighted by molar-refractivity contribution is -0.135. The lowest BCUT2D eigenvalue weighted by Gasteiger charge is -2.27. The van der Waals surface area contributed by atoms with Gasteiger partial charge in [-0.15, -0.1) is 0 Å². The van der Waals surface area contributed by atoms with E-state index < -0.39 is 11.9 Å². The van der Waals surface area contributed by atoms with Gasteiger partial charge in [-0.05, 0) is 24.6 Å². The predicted molar refractivity (Wildman–Crippen MR) is 74.4 cm³/mol. The molecule has 2 atom stereocenters. The van der Waals surface area contributed by atoms with E-state index in [2.05, 4.69) is 0 Å². The molecule has 0 aliphatic carbocycles. The summed E-state index contributed by atoms with van der Waals surface area (Å²) in [5.74, 6) is -0.920. The highest BCUT2D eigenvalue weighted by molar-refractivity contribution is 6.30. The molecule has 19 heavy (non-hydrogen) atoms. The van der Waals surface area contributed by atoms with Gasteiger partial charge < -0.3 is 16.4 Å². The molecule has 0 fully saturated rings. The summed E-state index contributed by atoms with van der Waals surface area (Å²) in [5, 5.41) is 0.603. The molecule has 0 saturated carbocycles. The first kappa shape index (κ1) is 15.5. The van der Waals surface area contributed by atoms with Crippen molar-refractivity contribution < 1.29 is 9.59 Å². The van der Waals surface area contributed by atoms with Crippen LogP contribution >= 0.6 is 11.6 Å². The second-order valence-electron chi connectivity index (χ2n) is 4.46. The third-order valence-corrected chi connectivity index (χ3v) is 3.23. The van der Waals surface area contributed by atoms with E-state index in [0.717, 1.165) is 5.56 Å². The number of amides is 2. The molecule has 0 heterocycles. The SMILES string of the molecule is CC(c1cccc(Cl)c1)N(C)C(=O)C(N)CC(N)=O. The number of carbonyl (C=O) groups excluding carboxylic acids is 2. The molecular weight excluding hydrogens is 266 g/mol. The van der Waals surface area contributed by atoms with Crippen LogP contribution < -0.4 is 11.5 Å². The molecule has 1 rings (SSSR count). The molecule has 2 amide bonds. The minimum atomic E-state index is -0.913. The lowest BCUT2D eigenvalue weighted by atomic mass is 10.1. The van der Waals surface area contributed by atoms with E-state index in [1.807, 2.05) is 19.1 Å². The van der Waals surface area contributed by atoms with Crippen LogP contribution in [0.3, 0.4) is 0 Å². The molecule has 104 valence electrons. The molecule has 2 unspecified atom stereocenters. The minimum absolute atomic E-state index is 0.161. The number of benzene rings is 1. The quantitative estimate of drug-likeness (QED) is 0.847. The highest BCUT2D eigenvalue weighted by Gasteiger charge is 2.24. The molecule has 0 saturated heterocycles. The average Bonchev–Trinajstić information content (AvgIpc) is 2.35. The normalized spacial score (nSPS) is 13.7. The maximum absolute atomic E-state index is 12.0. The first-order chi connectivity index (χ1) is 8.82. The fourth-order valence-electron chi connectivity index (χ4n) is 1.75. The molecule has 5 nitrogen and oxygen atoms in total. The summed E-state index contributed by atoms with van der Waals surface area (Å²) in [5.41, 5.74) is 11.6. The van der Waals surface area contributed by atoms with Gasteiger partial charge in [0.25, 0.3) is 0 Å². The van der Waals surface area contributed by atoms with Crippen LogP contribution in [-0.4, -0.2) is 29.8 Å². The van der Waals surface area contributed by atoms with E-state index in [1.165, 1.54) is 4.90 Å². The maximum atomic E-state index is 12.0. The van der Waals surface area contributed by atoms with E-state index in [0.29, 0.717) is 5.02 Å². The molecular formula is C13H18ClN3O2. The van der Waals surface area contributed by atoms with Gasteiger partial charge in [-0.25, -0.2) is 0 Å². The first-order valence-electron chi connectivity index (χ1n) is 5.89. The maximum Gasteiger partial charge on any atom is 0.240 e. The van der Waals surface area contributed by atoms with Crippen LogP contribution in [0.5, 0.6) is 0 Å². The Labute approximate surface area is 117 Å². The van der Waals surface area contributed by atoms with E-state index in [1.54, 1.807) is 19.2 Å². The van der Waals surface area contributed by atoms with Crippen LogP contribution in [0.2, 0.25) is 5.02 Å². The molecule has 0 radical (unpaired) electrons. The van der Waals surface area contributed by atoms with E-state index in [9.17, 15) is 9.59 Å². The largest absolute Gasteiger partial charge is 0.370 e. The van der Waals surface area contributed by atoms with Gasteiger partial charge in [-0.3, -0.25) is 9.59 Å². The molecule has 0 aliphatic rings. The van der Waals surface area contributed by atoms with Crippen molar-refractivity contribution in [3.05, 3.63) is 34.9 Å². The third-order valence-electron chi connectivity index (χ3n) is 3.00. The van der Waals surface area contributed by atoms with Gasteiger partial charge in [0.2, 0.25) is 11.8 Å². The fourth-order valence-corrected chi connectivity index (χ4v) is 1.95. The van der Waals surface area contributed by atoms with Gasteiger partial charge in [0, 0.05) is 12.1 Å². The Bertz CT molecular complexity index is 479. The van der Waals surface area contributed by atoms with Crippen molar-refractivity contribution in [2.24, 2.45) is 11.5 Å². The molecule has 0 aliphatic heterocycles. The van der Waals surface area contributed by atoms with Crippen molar-refractivity contribution in [3.63, 3.8) is 0 Å². The third kappa shape index (κ3) is 4.22. The average molecular weight is 284 g/mol. The summed E-state index contributed by atoms with van der Waals surface area (Å²) in [6.07, 6.45) is -0.161. The fraction of sp³-hybridized carbons (Fsp3) is 0.385. The highest BCUT2D eigenvalue weighted by Crippen LogP contribution is 2.22. The molecule has 4 N–H and O–H groups in total. The standard InChI is InChI=1S/C13H18ClN3O2/c1-8(9-4-3-5-10(14)6-9)17(2)13(19)11(15)7-12(16)18/h3-6,8,11H,7,15H2,1-2H3,(H2,16,18). The number of hydrogen-bond acceptors (Lipinski definition) is 3. The van der Waals surface area contributed by atoms with Crippen molar-refractivity contribution in [3.8, 4) is 0 Å². The Balaban J connectivity index is 2.79. The monoisotopic (exact) mass is 283 g/mol.